The van der Waals surface area contributed by atoms with Crippen LogP contribution in [-0.2, 0) is 4.79 Å². The number of nitrogens with one attached hydrogen (secondary N) is 1. The fraction of sp³-hybridized carbons (Fsp3) is 0.235. The molecule has 9 heteroatoms. The largest absolute Gasteiger partial charge is 0.302 e. The Hall–Kier alpha value is -1.71. The van der Waals surface area contributed by atoms with Gasteiger partial charge in [0.1, 0.15) is 6.17 Å². The van der Waals surface area contributed by atoms with Crippen LogP contribution in [0, 0.1) is 18.8 Å². The van der Waals surface area contributed by atoms with Crippen molar-refractivity contribution in [3.63, 3.8) is 0 Å². The molecule has 4 nitrogen and oxygen atoms in total. The van der Waals surface area contributed by atoms with Gasteiger partial charge in [0.25, 0.3) is 0 Å². The summed E-state index contributed by atoms with van der Waals surface area (Å²) in [6.45, 7) is 1.83. The lowest BCUT2D eigenvalue weighted by Gasteiger charge is -2.06. The number of thiazole rings is 1. The molecule has 0 saturated heterocycles. The molecule has 1 aliphatic carbocycles. The smallest absolute Gasteiger partial charge is 0.232 e. The van der Waals surface area contributed by atoms with E-state index in [0.29, 0.717) is 21.8 Å². The van der Waals surface area contributed by atoms with Gasteiger partial charge in [-0.2, -0.15) is 31.4 Å². The molecule has 1 N–H and O–H groups in total. The SMILES string of the molecule is Cc1ccnc([18F])c1-c1ccc2nc(NC(=O)[C@@H]3C[C@@H]3F)sc2c1.S.S. The average molecular weight is 413 g/mol. The van der Waals surface area contributed by atoms with Gasteiger partial charge in [-0.3, -0.25) is 4.79 Å². The van der Waals surface area contributed by atoms with Crippen molar-refractivity contribution in [1.82, 2.24) is 9.97 Å². The van der Waals surface area contributed by atoms with Gasteiger partial charge in [0, 0.05) is 11.8 Å². The van der Waals surface area contributed by atoms with Crippen LogP contribution in [0.4, 0.5) is 13.9 Å². The first-order valence-corrected chi connectivity index (χ1v) is 8.31. The molecular formula is C17H17F2N3OS3. The molecule has 26 heavy (non-hydrogen) atoms. The summed E-state index contributed by atoms with van der Waals surface area (Å²) >= 11 is 1.28. The molecule has 2 aromatic heterocycles. The molecule has 0 bridgehead atoms. The van der Waals surface area contributed by atoms with Crippen molar-refractivity contribution in [2.24, 2.45) is 5.92 Å². The molecule has 0 unspecified atom stereocenters. The molecule has 2 heterocycles. The van der Waals surface area contributed by atoms with Crippen LogP contribution >= 0.6 is 38.3 Å². The van der Waals surface area contributed by atoms with Gasteiger partial charge in [0.05, 0.1) is 16.1 Å². The number of amides is 1. The molecule has 4 rings (SSSR count). The zero-order valence-electron chi connectivity index (χ0n) is 13.7. The third-order valence-corrected chi connectivity index (χ3v) is 5.00. The van der Waals surface area contributed by atoms with E-state index in [2.05, 4.69) is 15.3 Å². The van der Waals surface area contributed by atoms with E-state index < -0.39 is 18.0 Å². The summed E-state index contributed by atoms with van der Waals surface area (Å²) in [5.41, 5.74) is 2.66. The molecule has 0 aliphatic heterocycles. The van der Waals surface area contributed by atoms with E-state index in [0.717, 1.165) is 10.3 Å². The number of anilines is 1. The van der Waals surface area contributed by atoms with Crippen molar-refractivity contribution in [2.45, 2.75) is 19.5 Å². The van der Waals surface area contributed by atoms with Crippen molar-refractivity contribution in [1.29, 1.82) is 0 Å². The minimum absolute atomic E-state index is 0. The molecular weight excluding hydrogens is 395 g/mol. The van der Waals surface area contributed by atoms with E-state index in [-0.39, 0.29) is 39.3 Å². The second-order valence-electron chi connectivity index (χ2n) is 5.84. The number of aromatic nitrogens is 2. The number of nitrogens with zero attached hydrogens (tertiary/aromatic N) is 2. The fourth-order valence-electron chi connectivity index (χ4n) is 2.64. The first kappa shape index (κ1) is 20.6. The van der Waals surface area contributed by atoms with Crippen LogP contribution < -0.4 is 5.32 Å². The number of aryl methyl sites for hydroxylation is 1. The number of carbonyl (C=O) groups is 1. The maximum Gasteiger partial charge on any atom is 0.232 e. The van der Waals surface area contributed by atoms with Crippen molar-refractivity contribution in [3.8, 4) is 11.1 Å². The Morgan fingerprint density at radius 1 is 1.31 bits per heavy atom. The molecule has 1 fully saturated rings. The van der Waals surface area contributed by atoms with Crippen LogP contribution in [0.2, 0.25) is 0 Å². The van der Waals surface area contributed by atoms with Gasteiger partial charge in [-0.15, -0.1) is 0 Å². The number of hydrogen-bond donors (Lipinski definition) is 1. The van der Waals surface area contributed by atoms with Crippen molar-refractivity contribution < 1.29 is 13.6 Å². The lowest BCUT2D eigenvalue weighted by molar-refractivity contribution is -0.117. The maximum atomic E-state index is 14.0. The standard InChI is InChI=1S/C17H13F2N3OS.2H2S/c1-8-4-5-20-15(19)14(8)9-2-3-12-13(6-9)24-17(21-12)22-16(23)10-7-11(10)18;;/h2-6,10-11H,7H2,1H3,(H,21,22,23);2*1H2/t10-,11+;;/m1../s1/i19-1;;. The molecule has 3 aromatic rings. The zero-order chi connectivity index (χ0) is 16.8. The normalized spacial score (nSPS) is 18.0. The van der Waals surface area contributed by atoms with E-state index in [1.807, 2.05) is 13.0 Å². The second-order valence-corrected chi connectivity index (χ2v) is 6.87. The number of pyridine rings is 1. The van der Waals surface area contributed by atoms with Gasteiger partial charge >= 0.3 is 0 Å². The molecule has 138 valence electrons. The third-order valence-electron chi connectivity index (χ3n) is 4.07. The van der Waals surface area contributed by atoms with E-state index in [9.17, 15) is 13.6 Å². The van der Waals surface area contributed by atoms with Crippen molar-refractivity contribution in [2.75, 3.05) is 5.32 Å². The minimum Gasteiger partial charge on any atom is -0.302 e. The van der Waals surface area contributed by atoms with Gasteiger partial charge in [-0.1, -0.05) is 17.4 Å². The molecule has 0 spiro atoms. The molecule has 1 aromatic carbocycles. The van der Waals surface area contributed by atoms with Crippen LogP contribution in [0.15, 0.2) is 30.5 Å². The Balaban J connectivity index is 0.00000121. The summed E-state index contributed by atoms with van der Waals surface area (Å²) in [7, 11) is 0. The first-order valence-electron chi connectivity index (χ1n) is 7.50. The predicted molar refractivity (Wildman–Crippen MR) is 110 cm³/mol. The Kier molecular flexibility index (Phi) is 6.25. The quantitative estimate of drug-likeness (QED) is 0.652. The molecule has 0 radical (unpaired) electrons. The summed E-state index contributed by atoms with van der Waals surface area (Å²) in [6, 6.07) is 7.13. The number of carbonyl (C=O) groups excluding carboxylic acids is 1. The highest BCUT2D eigenvalue weighted by Crippen LogP contribution is 2.36. The second kappa shape index (κ2) is 7.89. The summed E-state index contributed by atoms with van der Waals surface area (Å²) in [6.07, 6.45) is 0.672. The highest BCUT2D eigenvalue weighted by molar-refractivity contribution is 7.59. The van der Waals surface area contributed by atoms with Gasteiger partial charge in [0.15, 0.2) is 5.13 Å². The van der Waals surface area contributed by atoms with Crippen LogP contribution in [0.3, 0.4) is 0 Å². The molecule has 1 amide bonds. The van der Waals surface area contributed by atoms with Crippen molar-refractivity contribution >= 4 is 59.6 Å². The Labute approximate surface area is 166 Å². The van der Waals surface area contributed by atoms with Crippen LogP contribution in [0.25, 0.3) is 21.3 Å². The van der Waals surface area contributed by atoms with E-state index in [4.69, 9.17) is 0 Å². The monoisotopic (exact) mass is 412 g/mol. The maximum absolute atomic E-state index is 14.0. The zero-order valence-corrected chi connectivity index (χ0v) is 16.5. The number of rotatable bonds is 3. The Morgan fingerprint density at radius 3 is 2.69 bits per heavy atom. The van der Waals surface area contributed by atoms with E-state index >= 15 is 0 Å². The molecule has 1 saturated carbocycles. The van der Waals surface area contributed by atoms with Crippen LogP contribution in [-0.4, -0.2) is 22.0 Å². The van der Waals surface area contributed by atoms with Crippen LogP contribution in [0.5, 0.6) is 0 Å². The average Bonchev–Trinajstić information content (AvgIpc) is 3.13. The number of alkyl halides is 1. The summed E-state index contributed by atoms with van der Waals surface area (Å²) in [4.78, 5) is 19.8. The van der Waals surface area contributed by atoms with Gasteiger partial charge < -0.3 is 5.32 Å². The van der Waals surface area contributed by atoms with Gasteiger partial charge in [-0.05, 0) is 42.7 Å². The minimum atomic E-state index is -1.04. The lowest BCUT2D eigenvalue weighted by atomic mass is 10.0. The Bertz CT molecular complexity index is 943. The lowest BCUT2D eigenvalue weighted by Crippen LogP contribution is -2.14. The number of benzene rings is 1. The third kappa shape index (κ3) is 3.84. The molecule has 2 atom stereocenters. The fourth-order valence-corrected chi connectivity index (χ4v) is 3.55. The number of halogens is 2. The number of fused-ring (bicyclic) bond motifs is 1. The highest BCUT2D eigenvalue weighted by atomic mass is 32.1. The Morgan fingerprint density at radius 2 is 2.04 bits per heavy atom. The molecule has 1 aliphatic rings. The van der Waals surface area contributed by atoms with E-state index in [1.165, 1.54) is 17.5 Å². The van der Waals surface area contributed by atoms with Gasteiger partial charge in [0.2, 0.25) is 11.9 Å². The summed E-state index contributed by atoms with van der Waals surface area (Å²) in [5.74, 6) is -1.41. The highest BCUT2D eigenvalue weighted by Gasteiger charge is 2.43. The van der Waals surface area contributed by atoms with Crippen molar-refractivity contribution in [3.05, 3.63) is 42.0 Å². The topological polar surface area (TPSA) is 54.9 Å². The van der Waals surface area contributed by atoms with Crippen LogP contribution in [0.1, 0.15) is 12.0 Å². The summed E-state index contributed by atoms with van der Waals surface area (Å²) < 4.78 is 27.8. The number of hydrogen-bond acceptors (Lipinski definition) is 4. The van der Waals surface area contributed by atoms with E-state index in [1.54, 1.807) is 18.2 Å². The first-order chi connectivity index (χ1) is 11.5. The summed E-state index contributed by atoms with van der Waals surface area (Å²) in [5, 5.41) is 3.07. The predicted octanol–water partition coefficient (Wildman–Crippen LogP) is 4.33. The van der Waals surface area contributed by atoms with Gasteiger partial charge in [-0.25, -0.2) is 14.4 Å².